The highest BCUT2D eigenvalue weighted by Crippen LogP contribution is 1.95. The van der Waals surface area contributed by atoms with Crippen LogP contribution in [0.25, 0.3) is 0 Å². The summed E-state index contributed by atoms with van der Waals surface area (Å²) in [5.74, 6) is 0. The van der Waals surface area contributed by atoms with Crippen molar-refractivity contribution in [3.63, 3.8) is 0 Å². The molecule has 0 saturated carbocycles. The van der Waals surface area contributed by atoms with Crippen LogP contribution in [-0.2, 0) is 9.47 Å². The second kappa shape index (κ2) is 6.92. The van der Waals surface area contributed by atoms with Gasteiger partial charge in [0.05, 0.1) is 6.10 Å². The largest absolute Gasteiger partial charge is 0.446 e. The third-order valence-corrected chi connectivity index (χ3v) is 1.49. The number of hydrogen-bond donors (Lipinski definition) is 2. The fourth-order valence-corrected chi connectivity index (χ4v) is 0.641. The lowest BCUT2D eigenvalue weighted by Gasteiger charge is -2.13. The molecule has 1 unspecified atom stereocenters. The highest BCUT2D eigenvalue weighted by Gasteiger charge is 2.09. The molecule has 88 valence electrons. The molecule has 0 aliphatic rings. The van der Waals surface area contributed by atoms with Gasteiger partial charge in [-0.25, -0.2) is 20.4 Å². The van der Waals surface area contributed by atoms with Crippen LogP contribution in [0.4, 0.5) is 9.59 Å². The first kappa shape index (κ1) is 13.5. The summed E-state index contributed by atoms with van der Waals surface area (Å²) >= 11 is 0. The van der Waals surface area contributed by atoms with E-state index >= 15 is 0 Å². The first-order valence-corrected chi connectivity index (χ1v) is 4.89. The van der Waals surface area contributed by atoms with Gasteiger partial charge in [0.25, 0.3) is 0 Å². The Morgan fingerprint density at radius 1 is 1.07 bits per heavy atom. The zero-order valence-corrected chi connectivity index (χ0v) is 9.49. The molecule has 0 aliphatic carbocycles. The molecule has 15 heavy (non-hydrogen) atoms. The van der Waals surface area contributed by atoms with Gasteiger partial charge in [0, 0.05) is 0 Å². The number of carbonyl (C=O) groups excluding carboxylic acids is 2. The van der Waals surface area contributed by atoms with Crippen LogP contribution in [0.1, 0.15) is 34.1 Å². The highest BCUT2D eigenvalue weighted by atomic mass is 16.6. The van der Waals surface area contributed by atoms with Gasteiger partial charge in [-0.05, 0) is 27.2 Å². The lowest BCUT2D eigenvalue weighted by molar-refractivity contribution is 0.0892. The van der Waals surface area contributed by atoms with Gasteiger partial charge < -0.3 is 9.47 Å². The summed E-state index contributed by atoms with van der Waals surface area (Å²) in [6.45, 7) is 7.05. The molecule has 6 nitrogen and oxygen atoms in total. The van der Waals surface area contributed by atoms with Gasteiger partial charge >= 0.3 is 12.2 Å². The van der Waals surface area contributed by atoms with E-state index < -0.39 is 12.2 Å². The Kier molecular flexibility index (Phi) is 6.24. The first-order valence-electron chi connectivity index (χ1n) is 4.89. The Morgan fingerprint density at radius 2 is 1.53 bits per heavy atom. The second-order valence-electron chi connectivity index (χ2n) is 3.33. The Bertz CT molecular complexity index is 218. The van der Waals surface area contributed by atoms with Crippen molar-refractivity contribution in [1.29, 1.82) is 0 Å². The predicted octanol–water partition coefficient (Wildman–Crippen LogP) is 1.56. The lowest BCUT2D eigenvalue weighted by atomic mass is 10.3. The van der Waals surface area contributed by atoms with Crippen molar-refractivity contribution in [3.8, 4) is 0 Å². The summed E-state index contributed by atoms with van der Waals surface area (Å²) in [6, 6.07) is 0. The Balaban J connectivity index is 3.66. The van der Waals surface area contributed by atoms with E-state index in [1.54, 1.807) is 20.8 Å². The highest BCUT2D eigenvalue weighted by molar-refractivity contribution is 5.73. The molecule has 2 amide bonds. The van der Waals surface area contributed by atoms with Crippen LogP contribution in [0.5, 0.6) is 0 Å². The summed E-state index contributed by atoms with van der Waals surface area (Å²) in [6.07, 6.45) is -1.13. The number of hydrogen-bond acceptors (Lipinski definition) is 4. The molecule has 0 rings (SSSR count). The average molecular weight is 218 g/mol. The molecule has 0 bridgehead atoms. The third kappa shape index (κ3) is 7.60. The minimum absolute atomic E-state index is 0.187. The molecule has 0 aromatic rings. The van der Waals surface area contributed by atoms with Crippen molar-refractivity contribution in [2.45, 2.75) is 46.3 Å². The van der Waals surface area contributed by atoms with Crippen molar-refractivity contribution < 1.29 is 19.1 Å². The van der Waals surface area contributed by atoms with Crippen LogP contribution >= 0.6 is 0 Å². The second-order valence-corrected chi connectivity index (χ2v) is 3.33. The van der Waals surface area contributed by atoms with E-state index in [1.807, 2.05) is 6.92 Å². The summed E-state index contributed by atoms with van der Waals surface area (Å²) in [4.78, 5) is 21.9. The van der Waals surface area contributed by atoms with Crippen LogP contribution in [0, 0.1) is 0 Å². The van der Waals surface area contributed by atoms with Gasteiger partial charge in [0.15, 0.2) is 0 Å². The summed E-state index contributed by atoms with van der Waals surface area (Å²) < 4.78 is 9.55. The van der Waals surface area contributed by atoms with Crippen molar-refractivity contribution in [2.75, 3.05) is 0 Å². The molecule has 0 fully saturated rings. The van der Waals surface area contributed by atoms with E-state index in [1.165, 1.54) is 0 Å². The van der Waals surface area contributed by atoms with Gasteiger partial charge in [-0.3, -0.25) is 0 Å². The normalized spacial score (nSPS) is 11.8. The maximum atomic E-state index is 11.0. The Morgan fingerprint density at radius 3 is 1.93 bits per heavy atom. The van der Waals surface area contributed by atoms with Crippen molar-refractivity contribution in [3.05, 3.63) is 0 Å². The van der Waals surface area contributed by atoms with Crippen LogP contribution in [-0.4, -0.2) is 24.4 Å². The zero-order valence-electron chi connectivity index (χ0n) is 9.49. The van der Waals surface area contributed by atoms with E-state index in [0.29, 0.717) is 6.42 Å². The van der Waals surface area contributed by atoms with Crippen LogP contribution < -0.4 is 10.9 Å². The Labute approximate surface area is 89.3 Å². The number of rotatable bonds is 3. The lowest BCUT2D eigenvalue weighted by Crippen LogP contribution is -2.43. The summed E-state index contributed by atoms with van der Waals surface area (Å²) in [5, 5.41) is 0. The molecule has 2 N–H and O–H groups in total. The maximum absolute atomic E-state index is 11.0. The van der Waals surface area contributed by atoms with E-state index in [0.717, 1.165) is 0 Å². The van der Waals surface area contributed by atoms with Crippen LogP contribution in [0.15, 0.2) is 0 Å². The molecule has 1 atom stereocenters. The zero-order chi connectivity index (χ0) is 11.8. The van der Waals surface area contributed by atoms with E-state index in [-0.39, 0.29) is 12.2 Å². The van der Waals surface area contributed by atoms with Gasteiger partial charge in [-0.1, -0.05) is 6.92 Å². The number of hydrazine groups is 1. The van der Waals surface area contributed by atoms with Gasteiger partial charge in [-0.2, -0.15) is 0 Å². The number of amides is 2. The number of nitrogens with one attached hydrogen (secondary N) is 2. The average Bonchev–Trinajstić information content (AvgIpc) is 2.13. The molecule has 6 heteroatoms. The Hall–Kier alpha value is -1.46. The SMILES string of the molecule is CCC(C)OC(=O)NNC(=O)OC(C)C. The monoisotopic (exact) mass is 218 g/mol. The molecule has 0 radical (unpaired) electrons. The molecule has 0 spiro atoms. The van der Waals surface area contributed by atoms with E-state index in [9.17, 15) is 9.59 Å². The molecule has 0 aromatic heterocycles. The number of carbonyl (C=O) groups is 2. The van der Waals surface area contributed by atoms with Crippen molar-refractivity contribution in [1.82, 2.24) is 10.9 Å². The minimum atomic E-state index is -0.717. The molecular formula is C9H18N2O4. The van der Waals surface area contributed by atoms with Crippen LogP contribution in [0.3, 0.4) is 0 Å². The summed E-state index contributed by atoms with van der Waals surface area (Å²) in [7, 11) is 0. The fraction of sp³-hybridized carbons (Fsp3) is 0.778. The minimum Gasteiger partial charge on any atom is -0.446 e. The third-order valence-electron chi connectivity index (χ3n) is 1.49. The van der Waals surface area contributed by atoms with Crippen molar-refractivity contribution in [2.24, 2.45) is 0 Å². The van der Waals surface area contributed by atoms with Crippen molar-refractivity contribution >= 4 is 12.2 Å². The molecular weight excluding hydrogens is 200 g/mol. The fourth-order valence-electron chi connectivity index (χ4n) is 0.641. The quantitative estimate of drug-likeness (QED) is 0.705. The van der Waals surface area contributed by atoms with E-state index in [4.69, 9.17) is 9.47 Å². The predicted molar refractivity (Wildman–Crippen MR) is 54.1 cm³/mol. The molecule has 0 heterocycles. The van der Waals surface area contributed by atoms with Gasteiger partial charge in [-0.15, -0.1) is 0 Å². The molecule has 0 aliphatic heterocycles. The smallest absolute Gasteiger partial charge is 0.426 e. The topological polar surface area (TPSA) is 76.7 Å². The van der Waals surface area contributed by atoms with Gasteiger partial charge in [0.1, 0.15) is 6.10 Å². The molecule has 0 saturated heterocycles. The first-order chi connectivity index (χ1) is 6.95. The van der Waals surface area contributed by atoms with Gasteiger partial charge in [0.2, 0.25) is 0 Å². The van der Waals surface area contributed by atoms with Crippen LogP contribution in [0.2, 0.25) is 0 Å². The van der Waals surface area contributed by atoms with E-state index in [2.05, 4.69) is 10.9 Å². The maximum Gasteiger partial charge on any atom is 0.426 e. The number of ether oxygens (including phenoxy) is 2. The standard InChI is InChI=1S/C9H18N2O4/c1-5-7(4)15-9(13)11-10-8(12)14-6(2)3/h6-7H,5H2,1-4H3,(H,10,12)(H,11,13). The summed E-state index contributed by atoms with van der Waals surface area (Å²) in [5.41, 5.74) is 4.12. The molecule has 0 aromatic carbocycles.